The zero-order chi connectivity index (χ0) is 23.9. The van der Waals surface area contributed by atoms with Crippen molar-refractivity contribution in [2.24, 2.45) is 11.0 Å². The highest BCUT2D eigenvalue weighted by molar-refractivity contribution is 6.30. The highest BCUT2D eigenvalue weighted by Crippen LogP contribution is 2.29. The predicted molar refractivity (Wildman–Crippen MR) is 118 cm³/mol. The SMILES string of the molecule is CC(C)(O)[C@H](F)CNC(=O)c1cnc(Cl)cc1NC1CCC(/C(C=N)=N/NC(F)F)CC1. The molecule has 1 aromatic heterocycles. The van der Waals surface area contributed by atoms with Gasteiger partial charge in [0.2, 0.25) is 0 Å². The van der Waals surface area contributed by atoms with Gasteiger partial charge in [0.1, 0.15) is 11.3 Å². The van der Waals surface area contributed by atoms with Crippen LogP contribution in [-0.2, 0) is 0 Å². The van der Waals surface area contributed by atoms with Gasteiger partial charge in [-0.1, -0.05) is 11.6 Å². The summed E-state index contributed by atoms with van der Waals surface area (Å²) >= 11 is 5.99. The van der Waals surface area contributed by atoms with Crippen LogP contribution in [0.1, 0.15) is 49.9 Å². The molecule has 1 aliphatic carbocycles. The number of hydrogen-bond acceptors (Lipinski definition) is 7. The van der Waals surface area contributed by atoms with Gasteiger partial charge in [-0.3, -0.25) is 10.2 Å². The first-order valence-corrected chi connectivity index (χ1v) is 10.6. The molecule has 0 bridgehead atoms. The van der Waals surface area contributed by atoms with Crippen molar-refractivity contribution in [3.8, 4) is 0 Å². The third kappa shape index (κ3) is 7.63. The van der Waals surface area contributed by atoms with E-state index in [0.717, 1.165) is 6.21 Å². The van der Waals surface area contributed by atoms with Gasteiger partial charge in [-0.05, 0) is 45.6 Å². The molecule has 12 heteroatoms. The van der Waals surface area contributed by atoms with Crippen LogP contribution in [0.4, 0.5) is 18.9 Å². The summed E-state index contributed by atoms with van der Waals surface area (Å²) in [5.41, 5.74) is 0.976. The molecule has 0 aliphatic heterocycles. The first-order valence-electron chi connectivity index (χ1n) is 10.2. The first-order chi connectivity index (χ1) is 15.0. The highest BCUT2D eigenvalue weighted by Gasteiger charge is 2.28. The largest absolute Gasteiger partial charge is 0.387 e. The Morgan fingerprint density at radius 2 is 2.03 bits per heavy atom. The quantitative estimate of drug-likeness (QED) is 0.153. The lowest BCUT2D eigenvalue weighted by molar-refractivity contribution is -0.00177. The van der Waals surface area contributed by atoms with E-state index in [0.29, 0.717) is 31.4 Å². The Morgan fingerprint density at radius 1 is 1.38 bits per heavy atom. The Labute approximate surface area is 189 Å². The van der Waals surface area contributed by atoms with E-state index in [2.05, 4.69) is 20.7 Å². The summed E-state index contributed by atoms with van der Waals surface area (Å²) in [6.45, 7) is -0.529. The normalized spacial score (nSPS) is 20.6. The van der Waals surface area contributed by atoms with Crippen LogP contribution in [0.3, 0.4) is 0 Å². The van der Waals surface area contributed by atoms with Crippen LogP contribution < -0.4 is 16.1 Å². The monoisotopic (exact) mass is 476 g/mol. The lowest BCUT2D eigenvalue weighted by Crippen LogP contribution is -2.42. The van der Waals surface area contributed by atoms with E-state index in [1.165, 1.54) is 26.1 Å². The topological polar surface area (TPSA) is 122 Å². The van der Waals surface area contributed by atoms with Crippen LogP contribution in [0.5, 0.6) is 0 Å². The molecule has 2 rings (SSSR count). The maximum Gasteiger partial charge on any atom is 0.327 e. The molecule has 0 aromatic carbocycles. The van der Waals surface area contributed by atoms with Gasteiger partial charge in [0.15, 0.2) is 0 Å². The Kier molecular flexibility index (Phi) is 9.26. The van der Waals surface area contributed by atoms with Crippen molar-refractivity contribution in [3.05, 3.63) is 23.0 Å². The van der Waals surface area contributed by atoms with Gasteiger partial charge in [0.05, 0.1) is 29.1 Å². The molecule has 1 fully saturated rings. The number of alkyl halides is 3. The molecule has 0 spiro atoms. The maximum absolute atomic E-state index is 14.0. The molecule has 0 radical (unpaired) electrons. The molecule has 32 heavy (non-hydrogen) atoms. The minimum absolute atomic E-state index is 0.0309. The third-order valence-electron chi connectivity index (χ3n) is 5.27. The van der Waals surface area contributed by atoms with Crippen molar-refractivity contribution in [3.63, 3.8) is 0 Å². The van der Waals surface area contributed by atoms with Crippen LogP contribution >= 0.6 is 11.6 Å². The number of nitrogens with one attached hydrogen (secondary N) is 4. The summed E-state index contributed by atoms with van der Waals surface area (Å²) in [5.74, 6) is -0.683. The molecule has 178 valence electrons. The lowest BCUT2D eigenvalue weighted by atomic mass is 9.83. The van der Waals surface area contributed by atoms with E-state index >= 15 is 0 Å². The first kappa shape index (κ1) is 25.9. The number of hydrazone groups is 1. The summed E-state index contributed by atoms with van der Waals surface area (Å²) in [6.07, 6.45) is 3.15. The molecular weight excluding hydrogens is 449 g/mol. The Bertz CT molecular complexity index is 826. The van der Waals surface area contributed by atoms with E-state index in [1.807, 2.05) is 0 Å². The number of nitrogens with zero attached hydrogens (tertiary/aromatic N) is 2. The van der Waals surface area contributed by atoms with Crippen molar-refractivity contribution >= 4 is 35.1 Å². The average Bonchev–Trinajstić information content (AvgIpc) is 2.72. The van der Waals surface area contributed by atoms with Gasteiger partial charge in [-0.25, -0.2) is 9.37 Å². The second-order valence-corrected chi connectivity index (χ2v) is 8.57. The highest BCUT2D eigenvalue weighted by atomic mass is 35.5. The number of halogens is 4. The summed E-state index contributed by atoms with van der Waals surface area (Å²) in [4.78, 5) is 16.5. The lowest BCUT2D eigenvalue weighted by Gasteiger charge is -2.30. The smallest absolute Gasteiger partial charge is 0.327 e. The number of aromatic nitrogens is 1. The van der Waals surface area contributed by atoms with Crippen LogP contribution in [0.15, 0.2) is 17.4 Å². The number of hydrogen-bond donors (Lipinski definition) is 5. The Hall–Kier alpha value is -2.40. The van der Waals surface area contributed by atoms with E-state index in [9.17, 15) is 23.1 Å². The van der Waals surface area contributed by atoms with E-state index in [-0.39, 0.29) is 34.9 Å². The van der Waals surface area contributed by atoms with Crippen LogP contribution in [0.25, 0.3) is 0 Å². The molecule has 1 amide bonds. The minimum Gasteiger partial charge on any atom is -0.387 e. The van der Waals surface area contributed by atoms with Crippen LogP contribution in [0, 0.1) is 11.3 Å². The average molecular weight is 477 g/mol. The van der Waals surface area contributed by atoms with Gasteiger partial charge < -0.3 is 21.1 Å². The molecule has 1 aliphatic rings. The maximum atomic E-state index is 14.0. The molecule has 5 N–H and O–H groups in total. The molecule has 1 saturated carbocycles. The molecular formula is C20H28ClF3N6O2. The molecule has 0 unspecified atom stereocenters. The van der Waals surface area contributed by atoms with Crippen molar-refractivity contribution in [1.29, 1.82) is 5.41 Å². The van der Waals surface area contributed by atoms with Gasteiger partial charge in [-0.15, -0.1) is 0 Å². The fourth-order valence-electron chi connectivity index (χ4n) is 3.38. The zero-order valence-electron chi connectivity index (χ0n) is 17.8. The molecule has 8 nitrogen and oxygen atoms in total. The number of pyridine rings is 1. The second kappa shape index (κ2) is 11.5. The molecule has 1 atom stereocenters. The number of carbonyl (C=O) groups excluding carboxylic acids is 1. The number of anilines is 1. The number of carbonyl (C=O) groups is 1. The Morgan fingerprint density at radius 3 is 2.59 bits per heavy atom. The summed E-state index contributed by atoms with van der Waals surface area (Å²) in [5, 5.41) is 26.6. The molecule has 0 saturated heterocycles. The van der Waals surface area contributed by atoms with Gasteiger partial charge in [-0.2, -0.15) is 13.9 Å². The van der Waals surface area contributed by atoms with Crippen LogP contribution in [-0.4, -0.2) is 58.8 Å². The summed E-state index contributed by atoms with van der Waals surface area (Å²) in [7, 11) is 0. The van der Waals surface area contributed by atoms with Crippen molar-refractivity contribution in [2.75, 3.05) is 11.9 Å². The fraction of sp³-hybridized carbons (Fsp3) is 0.600. The number of amides is 1. The summed E-state index contributed by atoms with van der Waals surface area (Å²) in [6, 6.07) is 1.47. The molecule has 1 aromatic rings. The van der Waals surface area contributed by atoms with Crippen molar-refractivity contribution < 1.29 is 23.1 Å². The minimum atomic E-state index is -2.79. The van der Waals surface area contributed by atoms with Gasteiger partial charge in [0.25, 0.3) is 5.91 Å². The predicted octanol–water partition coefficient (Wildman–Crippen LogP) is 3.36. The number of aliphatic hydroxyl groups is 1. The Balaban J connectivity index is 2.01. The fourth-order valence-corrected chi connectivity index (χ4v) is 3.53. The second-order valence-electron chi connectivity index (χ2n) is 8.19. The van der Waals surface area contributed by atoms with E-state index < -0.39 is 24.2 Å². The van der Waals surface area contributed by atoms with Crippen molar-refractivity contribution in [1.82, 2.24) is 15.7 Å². The van der Waals surface area contributed by atoms with Crippen molar-refractivity contribution in [2.45, 2.75) is 63.9 Å². The van der Waals surface area contributed by atoms with Gasteiger partial charge in [0, 0.05) is 24.4 Å². The van der Waals surface area contributed by atoms with Crippen LogP contribution in [0.2, 0.25) is 5.15 Å². The number of rotatable bonds is 10. The third-order valence-corrected chi connectivity index (χ3v) is 5.47. The summed E-state index contributed by atoms with van der Waals surface area (Å²) < 4.78 is 38.6. The molecule has 1 heterocycles. The van der Waals surface area contributed by atoms with E-state index in [1.54, 1.807) is 5.43 Å². The van der Waals surface area contributed by atoms with Gasteiger partial charge >= 0.3 is 6.55 Å². The van der Waals surface area contributed by atoms with E-state index in [4.69, 9.17) is 17.0 Å². The zero-order valence-corrected chi connectivity index (χ0v) is 18.6. The standard InChI is InChI=1S/C20H28ClF3N6O2/c1-20(2,32)16(22)10-27-18(31)13-9-26-17(21)7-14(13)28-12-5-3-11(4-6-12)15(8-25)29-30-19(23)24/h7-9,11-12,16,19,25,30,32H,3-6,10H2,1-2H3,(H,26,28)(H,27,31)/b25-8?,29-15+/t11?,12?,16-/m1/s1.